The van der Waals surface area contributed by atoms with Gasteiger partial charge >= 0.3 is 0 Å². The van der Waals surface area contributed by atoms with Gasteiger partial charge in [-0.1, -0.05) is 18.6 Å². The summed E-state index contributed by atoms with van der Waals surface area (Å²) in [6.07, 6.45) is 6.12. The molecule has 0 radical (unpaired) electrons. The van der Waals surface area contributed by atoms with E-state index in [1.54, 1.807) is 50.2 Å². The standard InChI is InChI=1S/C51H63N11O9/c1-30-44(31(2)58-46(57-30)34-11-14-37(15-12-34)71-36-8-6-5-7-9-36)49(66)60-40(18-22-55-29-63)51(68)62(4)45-35-13-17-43(70-25-21-54)39(28-35)38-26-33(10-16-42(38)69-24-20-53)27-41(48(65)56-23-19-52)61-47(64)32(3)59-50(45)67/h10-17,26,28-29,32,36,40-41,45H,5-9,18,20-25,27,53-54H2,1-4H3,(H,55,63)(H,56,65)(H,59,67)(H,60,66)(H,61,64)/t32-,40-,41-,45-/m0/s1. The predicted molar refractivity (Wildman–Crippen MR) is 263 cm³/mol. The molecule has 1 fully saturated rings. The van der Waals surface area contributed by atoms with Crippen molar-refractivity contribution >= 4 is 35.9 Å². The minimum atomic E-state index is -1.46. The van der Waals surface area contributed by atoms with Crippen LogP contribution in [0.25, 0.3) is 22.5 Å². The molecule has 2 aliphatic rings. The third-order valence-electron chi connectivity index (χ3n) is 12.3. The van der Waals surface area contributed by atoms with Crippen LogP contribution < -0.4 is 52.3 Å². The Bertz CT molecular complexity index is 2570. The van der Waals surface area contributed by atoms with Crippen LogP contribution >= 0.6 is 0 Å². The maximum atomic E-state index is 14.9. The first-order chi connectivity index (χ1) is 34.3. The molecule has 0 unspecified atom stereocenters. The second kappa shape index (κ2) is 25.3. The highest BCUT2D eigenvalue weighted by molar-refractivity contribution is 6.00. The number of ether oxygens (including phenoxy) is 3. The van der Waals surface area contributed by atoms with E-state index in [1.807, 2.05) is 30.3 Å². The molecule has 20 heteroatoms. The zero-order valence-corrected chi connectivity index (χ0v) is 40.5. The van der Waals surface area contributed by atoms with E-state index in [2.05, 4.69) is 36.6 Å². The summed E-state index contributed by atoms with van der Waals surface area (Å²) in [6, 6.07) is 14.2. The number of aryl methyl sites for hydroxylation is 2. The number of aromatic nitrogens is 2. The number of nitrogens with zero attached hydrogens (tertiary/aromatic N) is 4. The summed E-state index contributed by atoms with van der Waals surface area (Å²) >= 11 is 0. The average molecular weight is 974 g/mol. The van der Waals surface area contributed by atoms with Crippen LogP contribution in [0.1, 0.15) is 84.4 Å². The summed E-state index contributed by atoms with van der Waals surface area (Å²) in [5.41, 5.74) is 15.0. The Morgan fingerprint density at radius 3 is 2.18 bits per heavy atom. The van der Waals surface area contributed by atoms with Crippen molar-refractivity contribution in [2.45, 2.75) is 96.0 Å². The van der Waals surface area contributed by atoms with Crippen LogP contribution in [0.5, 0.6) is 17.2 Å². The highest BCUT2D eigenvalue weighted by Gasteiger charge is 2.37. The number of amides is 6. The number of fused-ring (bicyclic) bond motifs is 5. The third kappa shape index (κ3) is 13.6. The lowest BCUT2D eigenvalue weighted by atomic mass is 9.93. The number of carbonyl (C=O) groups is 6. The lowest BCUT2D eigenvalue weighted by Crippen LogP contribution is -2.56. The second-order valence-corrected chi connectivity index (χ2v) is 17.5. The maximum absolute atomic E-state index is 14.9. The average Bonchev–Trinajstić information content (AvgIpc) is 3.36. The Balaban J connectivity index is 1.36. The van der Waals surface area contributed by atoms with Crippen LogP contribution in [0.15, 0.2) is 60.7 Å². The number of hydrogen-bond acceptors (Lipinski definition) is 14. The molecule has 1 aromatic heterocycles. The van der Waals surface area contributed by atoms with Gasteiger partial charge in [-0.3, -0.25) is 28.8 Å². The van der Waals surface area contributed by atoms with Crippen molar-refractivity contribution in [1.82, 2.24) is 41.5 Å². The number of hydrogen-bond donors (Lipinski definition) is 7. The Labute approximate surface area is 413 Å². The molecule has 1 saturated carbocycles. The summed E-state index contributed by atoms with van der Waals surface area (Å²) < 4.78 is 18.4. The van der Waals surface area contributed by atoms with E-state index in [0.29, 0.717) is 51.8 Å². The molecule has 4 atom stereocenters. The molecular formula is C51H63N11O9. The van der Waals surface area contributed by atoms with Crippen molar-refractivity contribution < 1.29 is 43.0 Å². The van der Waals surface area contributed by atoms with Gasteiger partial charge in [-0.2, -0.15) is 5.26 Å². The van der Waals surface area contributed by atoms with Crippen LogP contribution in [-0.2, 0) is 30.4 Å². The number of nitriles is 1. The SMILES string of the molecule is Cc1nc(-c2ccc(OC3CCCCC3)cc2)nc(C)c1C(=O)N[C@@H](CCNC=O)C(=O)N(C)[C@@H]1C(=O)N[C@@H](C)C(=O)N[C@H](C(=O)NCC#N)Cc2ccc(OCCN)c(c2)-c2cc1ccc2OCCN. The monoisotopic (exact) mass is 973 g/mol. The van der Waals surface area contributed by atoms with Gasteiger partial charge in [-0.05, 0) is 113 Å². The molecule has 1 aliphatic carbocycles. The summed E-state index contributed by atoms with van der Waals surface area (Å²) in [5, 5.41) is 22.5. The number of benzene rings is 3. The predicted octanol–water partition coefficient (Wildman–Crippen LogP) is 2.43. The largest absolute Gasteiger partial charge is 0.492 e. The molecule has 3 aromatic carbocycles. The molecule has 376 valence electrons. The van der Waals surface area contributed by atoms with Crippen molar-refractivity contribution in [3.63, 3.8) is 0 Å². The van der Waals surface area contributed by atoms with Gasteiger partial charge < -0.3 is 57.2 Å². The van der Waals surface area contributed by atoms with E-state index in [0.717, 1.165) is 41.9 Å². The summed E-state index contributed by atoms with van der Waals surface area (Å²) in [6.45, 7) is 5.01. The highest BCUT2D eigenvalue weighted by atomic mass is 16.5. The van der Waals surface area contributed by atoms with Gasteiger partial charge in [0.2, 0.25) is 30.0 Å². The van der Waals surface area contributed by atoms with Crippen molar-refractivity contribution in [1.29, 1.82) is 5.26 Å². The number of likely N-dealkylation sites (N-methyl/N-ethyl adjacent to an activating group) is 1. The first-order valence-corrected chi connectivity index (χ1v) is 23.8. The molecule has 2 heterocycles. The van der Waals surface area contributed by atoms with Crippen molar-refractivity contribution in [2.75, 3.05) is 46.4 Å². The van der Waals surface area contributed by atoms with E-state index in [1.165, 1.54) is 20.4 Å². The smallest absolute Gasteiger partial charge is 0.255 e. The quantitative estimate of drug-likeness (QED) is 0.0404. The Morgan fingerprint density at radius 2 is 1.55 bits per heavy atom. The van der Waals surface area contributed by atoms with E-state index in [9.17, 15) is 34.0 Å². The molecule has 4 bridgehead atoms. The van der Waals surface area contributed by atoms with Crippen LogP contribution in [0.4, 0.5) is 0 Å². The lowest BCUT2D eigenvalue weighted by molar-refractivity contribution is -0.141. The van der Waals surface area contributed by atoms with Crippen LogP contribution in [-0.4, -0.2) is 121 Å². The molecule has 1 aliphatic heterocycles. The molecule has 9 N–H and O–H groups in total. The van der Waals surface area contributed by atoms with Crippen LogP contribution in [0.3, 0.4) is 0 Å². The van der Waals surface area contributed by atoms with Crippen LogP contribution in [0.2, 0.25) is 0 Å². The first kappa shape index (κ1) is 52.7. The van der Waals surface area contributed by atoms with E-state index in [-0.39, 0.29) is 69.5 Å². The van der Waals surface area contributed by atoms with E-state index < -0.39 is 53.7 Å². The van der Waals surface area contributed by atoms with Gasteiger partial charge in [0.15, 0.2) is 5.82 Å². The number of carbonyl (C=O) groups excluding carboxylic acids is 6. The van der Waals surface area contributed by atoms with Gasteiger partial charge in [0.1, 0.15) is 61.2 Å². The molecule has 20 nitrogen and oxygen atoms in total. The fourth-order valence-corrected chi connectivity index (χ4v) is 8.71. The topological polar surface area (TPSA) is 295 Å². The Hall–Kier alpha value is -7.63. The first-order valence-electron chi connectivity index (χ1n) is 23.8. The Kier molecular flexibility index (Phi) is 18.8. The highest BCUT2D eigenvalue weighted by Crippen LogP contribution is 2.40. The van der Waals surface area contributed by atoms with Crippen LogP contribution in [0, 0.1) is 25.2 Å². The summed E-state index contributed by atoms with van der Waals surface area (Å²) in [4.78, 5) is 93.0. The lowest BCUT2D eigenvalue weighted by Gasteiger charge is -2.33. The summed E-state index contributed by atoms with van der Waals surface area (Å²) in [7, 11) is 1.39. The molecule has 6 rings (SSSR count). The van der Waals surface area contributed by atoms with Gasteiger partial charge in [0, 0.05) is 49.8 Å². The van der Waals surface area contributed by atoms with Gasteiger partial charge in [-0.25, -0.2) is 9.97 Å². The Morgan fingerprint density at radius 1 is 0.901 bits per heavy atom. The fraction of sp³-hybridized carbons (Fsp3) is 0.431. The van der Waals surface area contributed by atoms with Gasteiger partial charge in [-0.15, -0.1) is 0 Å². The zero-order chi connectivity index (χ0) is 51.0. The zero-order valence-electron chi connectivity index (χ0n) is 40.5. The maximum Gasteiger partial charge on any atom is 0.255 e. The van der Waals surface area contributed by atoms with Gasteiger partial charge in [0.25, 0.3) is 5.91 Å². The molecule has 0 spiro atoms. The minimum Gasteiger partial charge on any atom is -0.492 e. The number of nitrogens with one attached hydrogen (secondary N) is 5. The fourth-order valence-electron chi connectivity index (χ4n) is 8.71. The number of nitrogens with two attached hydrogens (primary N) is 2. The molecule has 6 amide bonds. The van der Waals surface area contributed by atoms with E-state index >= 15 is 0 Å². The van der Waals surface area contributed by atoms with Crippen molar-refractivity contribution in [3.05, 3.63) is 88.7 Å². The second-order valence-electron chi connectivity index (χ2n) is 17.5. The molecular weight excluding hydrogens is 911 g/mol. The number of rotatable bonds is 19. The normalized spacial score (nSPS) is 17.5. The molecule has 0 saturated heterocycles. The molecule has 71 heavy (non-hydrogen) atoms. The van der Waals surface area contributed by atoms with Crippen molar-refractivity contribution in [3.8, 4) is 45.8 Å². The third-order valence-corrected chi connectivity index (χ3v) is 12.3. The van der Waals surface area contributed by atoms with E-state index in [4.69, 9.17) is 25.7 Å². The van der Waals surface area contributed by atoms with Gasteiger partial charge in [0.05, 0.1) is 29.1 Å². The molecule has 4 aromatic rings. The summed E-state index contributed by atoms with van der Waals surface area (Å²) in [5.74, 6) is -1.65. The van der Waals surface area contributed by atoms with Crippen molar-refractivity contribution in [2.24, 2.45) is 11.5 Å². The minimum absolute atomic E-state index is 0.0162.